The number of aliphatic carboxylic acids is 1. The van der Waals surface area contributed by atoms with Gasteiger partial charge in [-0.2, -0.15) is 0 Å². The fourth-order valence-electron chi connectivity index (χ4n) is 4.26. The van der Waals surface area contributed by atoms with Crippen LogP contribution in [0.2, 0.25) is 0 Å². The number of nitrogens with zero attached hydrogens (tertiary/aromatic N) is 1. The first kappa shape index (κ1) is 22.7. The van der Waals surface area contributed by atoms with Gasteiger partial charge in [0.25, 0.3) is 0 Å². The Morgan fingerprint density at radius 3 is 2.42 bits per heavy atom. The van der Waals surface area contributed by atoms with E-state index in [1.54, 1.807) is 21.3 Å². The molecule has 0 saturated carbocycles. The molecule has 0 bridgehead atoms. The second kappa shape index (κ2) is 10.4. The van der Waals surface area contributed by atoms with Crippen molar-refractivity contribution in [1.82, 2.24) is 4.90 Å². The molecule has 168 valence electrons. The zero-order chi connectivity index (χ0) is 22.4. The van der Waals surface area contributed by atoms with Crippen LogP contribution in [0.25, 0.3) is 0 Å². The van der Waals surface area contributed by atoms with Gasteiger partial charge in [0.1, 0.15) is 17.5 Å². The molecule has 7 heteroatoms. The third-order valence-corrected chi connectivity index (χ3v) is 5.70. The lowest BCUT2D eigenvalue weighted by atomic mass is 9.90. The average Bonchev–Trinajstić information content (AvgIpc) is 2.80. The van der Waals surface area contributed by atoms with Gasteiger partial charge >= 0.3 is 5.97 Å². The van der Waals surface area contributed by atoms with Gasteiger partial charge in [0, 0.05) is 5.56 Å². The van der Waals surface area contributed by atoms with E-state index in [-0.39, 0.29) is 6.04 Å². The molecule has 0 amide bonds. The van der Waals surface area contributed by atoms with E-state index in [4.69, 9.17) is 18.9 Å². The summed E-state index contributed by atoms with van der Waals surface area (Å²) < 4.78 is 22.4. The maximum absolute atomic E-state index is 12.1. The lowest BCUT2D eigenvalue weighted by Crippen LogP contribution is -2.46. The summed E-state index contributed by atoms with van der Waals surface area (Å²) in [5.74, 6) is 1.80. The number of methoxy groups -OCH3 is 3. The van der Waals surface area contributed by atoms with Gasteiger partial charge in [-0.15, -0.1) is 0 Å². The number of hydrogen-bond acceptors (Lipinski definition) is 6. The smallest absolute Gasteiger partial charge is 0.320 e. The summed E-state index contributed by atoms with van der Waals surface area (Å²) in [6.07, 6.45) is 2.43. The molecule has 1 saturated heterocycles. The standard InChI is InChI=1S/C24H31NO6/c1-5-31-22-14-16(9-11-21(22)30-4)23(25-13-7-6-8-19(25)24(26)27)18-15-17(28-2)10-12-20(18)29-3/h9-12,14-15,19,23H,5-8,13H2,1-4H3,(H,26,27). The van der Waals surface area contributed by atoms with Gasteiger partial charge in [-0.05, 0) is 62.2 Å². The first-order valence-electron chi connectivity index (χ1n) is 10.5. The van der Waals surface area contributed by atoms with Crippen LogP contribution in [0.5, 0.6) is 23.0 Å². The quantitative estimate of drug-likeness (QED) is 0.642. The molecule has 3 rings (SSSR count). The van der Waals surface area contributed by atoms with E-state index in [0.29, 0.717) is 42.6 Å². The van der Waals surface area contributed by atoms with Crippen molar-refractivity contribution in [3.8, 4) is 23.0 Å². The lowest BCUT2D eigenvalue weighted by molar-refractivity contribution is -0.145. The van der Waals surface area contributed by atoms with Gasteiger partial charge in [0.2, 0.25) is 0 Å². The van der Waals surface area contributed by atoms with Crippen molar-refractivity contribution in [2.24, 2.45) is 0 Å². The van der Waals surface area contributed by atoms with Crippen molar-refractivity contribution in [2.45, 2.75) is 38.3 Å². The second-order valence-electron chi connectivity index (χ2n) is 7.44. The molecule has 1 fully saturated rings. The van der Waals surface area contributed by atoms with Crippen molar-refractivity contribution in [3.05, 3.63) is 47.5 Å². The van der Waals surface area contributed by atoms with E-state index in [0.717, 1.165) is 24.0 Å². The number of carboxylic acid groups (broad SMARTS) is 1. The third kappa shape index (κ3) is 4.88. The molecule has 0 spiro atoms. The van der Waals surface area contributed by atoms with Gasteiger partial charge < -0.3 is 24.1 Å². The monoisotopic (exact) mass is 429 g/mol. The predicted octanol–water partition coefficient (Wildman–Crippen LogP) is 4.14. The molecule has 0 aromatic heterocycles. The molecule has 1 aliphatic rings. The van der Waals surface area contributed by atoms with Crippen molar-refractivity contribution in [2.75, 3.05) is 34.5 Å². The lowest BCUT2D eigenvalue weighted by Gasteiger charge is -2.40. The molecule has 7 nitrogen and oxygen atoms in total. The molecule has 31 heavy (non-hydrogen) atoms. The molecule has 2 unspecified atom stereocenters. The highest BCUT2D eigenvalue weighted by molar-refractivity contribution is 5.74. The van der Waals surface area contributed by atoms with E-state index >= 15 is 0 Å². The number of carbonyl (C=O) groups is 1. The zero-order valence-corrected chi connectivity index (χ0v) is 18.6. The molecule has 1 heterocycles. The molecule has 2 aromatic rings. The maximum Gasteiger partial charge on any atom is 0.320 e. The number of ether oxygens (including phenoxy) is 4. The van der Waals surface area contributed by atoms with Crippen LogP contribution in [-0.2, 0) is 4.79 Å². The van der Waals surface area contributed by atoms with E-state index in [1.165, 1.54) is 0 Å². The minimum Gasteiger partial charge on any atom is -0.497 e. The van der Waals surface area contributed by atoms with E-state index in [9.17, 15) is 9.90 Å². The Morgan fingerprint density at radius 2 is 1.77 bits per heavy atom. The first-order chi connectivity index (χ1) is 15.0. The molecule has 1 aliphatic heterocycles. The van der Waals surface area contributed by atoms with E-state index < -0.39 is 12.0 Å². The molecular formula is C24H31NO6. The van der Waals surface area contributed by atoms with Gasteiger partial charge in [-0.1, -0.05) is 12.5 Å². The molecule has 1 N–H and O–H groups in total. The number of likely N-dealkylation sites (tertiary alicyclic amines) is 1. The maximum atomic E-state index is 12.1. The van der Waals surface area contributed by atoms with Crippen LogP contribution in [0.1, 0.15) is 43.4 Å². The molecule has 2 aromatic carbocycles. The van der Waals surface area contributed by atoms with Crippen LogP contribution >= 0.6 is 0 Å². The van der Waals surface area contributed by atoms with Crippen LogP contribution in [0.15, 0.2) is 36.4 Å². The number of piperidine rings is 1. The Balaban J connectivity index is 2.20. The van der Waals surface area contributed by atoms with Crippen molar-refractivity contribution < 1.29 is 28.8 Å². The zero-order valence-electron chi connectivity index (χ0n) is 18.6. The Kier molecular flexibility index (Phi) is 7.63. The number of benzene rings is 2. The fraction of sp³-hybridized carbons (Fsp3) is 0.458. The van der Waals surface area contributed by atoms with Gasteiger partial charge in [0.15, 0.2) is 11.5 Å². The minimum absolute atomic E-state index is 0.350. The highest BCUT2D eigenvalue weighted by atomic mass is 16.5. The average molecular weight is 430 g/mol. The minimum atomic E-state index is -0.815. The van der Waals surface area contributed by atoms with E-state index in [2.05, 4.69) is 0 Å². The highest BCUT2D eigenvalue weighted by Gasteiger charge is 2.37. The van der Waals surface area contributed by atoms with Crippen molar-refractivity contribution in [3.63, 3.8) is 0 Å². The Hall–Kier alpha value is -2.93. The van der Waals surface area contributed by atoms with Crippen LogP contribution in [0.4, 0.5) is 0 Å². The summed E-state index contributed by atoms with van der Waals surface area (Å²) in [4.78, 5) is 14.2. The van der Waals surface area contributed by atoms with Gasteiger partial charge in [0.05, 0.1) is 34.0 Å². The predicted molar refractivity (Wildman–Crippen MR) is 118 cm³/mol. The van der Waals surface area contributed by atoms with E-state index in [1.807, 2.05) is 48.2 Å². The Labute approximate surface area is 183 Å². The second-order valence-corrected chi connectivity index (χ2v) is 7.44. The summed E-state index contributed by atoms with van der Waals surface area (Å²) in [5, 5.41) is 9.96. The first-order valence-corrected chi connectivity index (χ1v) is 10.5. The fourth-order valence-corrected chi connectivity index (χ4v) is 4.26. The molecular weight excluding hydrogens is 398 g/mol. The van der Waals surface area contributed by atoms with Crippen LogP contribution in [0.3, 0.4) is 0 Å². The molecule has 0 aliphatic carbocycles. The summed E-state index contributed by atoms with van der Waals surface area (Å²) in [7, 11) is 4.83. The SMILES string of the molecule is CCOc1cc(C(c2cc(OC)ccc2OC)N2CCCCC2C(=O)O)ccc1OC. The van der Waals surface area contributed by atoms with Crippen molar-refractivity contribution in [1.29, 1.82) is 0 Å². The third-order valence-electron chi connectivity index (χ3n) is 5.70. The summed E-state index contributed by atoms with van der Waals surface area (Å²) in [6, 6.07) is 10.4. The van der Waals surface area contributed by atoms with Crippen LogP contribution < -0.4 is 18.9 Å². The van der Waals surface area contributed by atoms with Gasteiger partial charge in [-0.3, -0.25) is 9.69 Å². The number of carboxylic acids is 1. The molecule has 2 atom stereocenters. The summed E-state index contributed by atoms with van der Waals surface area (Å²) >= 11 is 0. The van der Waals surface area contributed by atoms with Crippen LogP contribution in [-0.4, -0.2) is 56.5 Å². The Morgan fingerprint density at radius 1 is 1.03 bits per heavy atom. The topological polar surface area (TPSA) is 77.5 Å². The number of hydrogen-bond donors (Lipinski definition) is 1. The highest BCUT2D eigenvalue weighted by Crippen LogP contribution is 2.42. The summed E-state index contributed by atoms with van der Waals surface area (Å²) in [6.45, 7) is 3.08. The summed E-state index contributed by atoms with van der Waals surface area (Å²) in [5.41, 5.74) is 1.76. The van der Waals surface area contributed by atoms with Gasteiger partial charge in [-0.25, -0.2) is 0 Å². The molecule has 0 radical (unpaired) electrons. The number of rotatable bonds is 9. The van der Waals surface area contributed by atoms with Crippen molar-refractivity contribution >= 4 is 5.97 Å². The van der Waals surface area contributed by atoms with Crippen LogP contribution in [0, 0.1) is 0 Å². The normalized spacial score (nSPS) is 17.6. The largest absolute Gasteiger partial charge is 0.497 e. The Bertz CT molecular complexity index is 900.